The quantitative estimate of drug-likeness (QED) is 0.824. The van der Waals surface area contributed by atoms with Gasteiger partial charge in [-0.3, -0.25) is 0 Å². The van der Waals surface area contributed by atoms with Gasteiger partial charge < -0.3 is 20.5 Å². The number of carbonyl (C=O) groups is 1. The summed E-state index contributed by atoms with van der Waals surface area (Å²) in [6, 6.07) is 3.38. The molecule has 0 unspecified atom stereocenters. The van der Waals surface area contributed by atoms with Crippen LogP contribution >= 0.6 is 0 Å². The van der Waals surface area contributed by atoms with Crippen molar-refractivity contribution in [1.29, 1.82) is 0 Å². The van der Waals surface area contributed by atoms with Gasteiger partial charge in [-0.15, -0.1) is 0 Å². The van der Waals surface area contributed by atoms with Crippen LogP contribution in [0.1, 0.15) is 18.4 Å². The Labute approximate surface area is 119 Å². The van der Waals surface area contributed by atoms with E-state index in [2.05, 4.69) is 0 Å². The fourth-order valence-electron chi connectivity index (χ4n) is 2.22. The molecular weight excluding hydrogens is 289 g/mol. The number of amides is 1. The molecule has 0 radical (unpaired) electrons. The van der Waals surface area contributed by atoms with Gasteiger partial charge >= 0.3 is 12.3 Å². The number of anilines is 1. The highest BCUT2D eigenvalue weighted by atomic mass is 19.4. The minimum atomic E-state index is -4.55. The molecule has 2 rings (SSSR count). The van der Waals surface area contributed by atoms with Gasteiger partial charge in [0.15, 0.2) is 0 Å². The van der Waals surface area contributed by atoms with Gasteiger partial charge in [0.05, 0.1) is 5.56 Å². The minimum Gasteiger partial charge on any atom is -0.490 e. The molecule has 0 atom stereocenters. The highest BCUT2D eigenvalue weighted by molar-refractivity contribution is 5.65. The summed E-state index contributed by atoms with van der Waals surface area (Å²) in [5, 5.41) is 8.82. The maximum Gasteiger partial charge on any atom is 0.420 e. The van der Waals surface area contributed by atoms with Gasteiger partial charge in [-0.2, -0.15) is 13.2 Å². The number of nitrogen functional groups attached to an aromatic ring is 1. The Morgan fingerprint density at radius 1 is 1.33 bits per heavy atom. The smallest absolute Gasteiger partial charge is 0.420 e. The summed E-state index contributed by atoms with van der Waals surface area (Å²) < 4.78 is 44.2. The molecule has 21 heavy (non-hydrogen) atoms. The van der Waals surface area contributed by atoms with Crippen LogP contribution in [0.5, 0.6) is 5.75 Å². The van der Waals surface area contributed by atoms with Crippen molar-refractivity contribution in [3.8, 4) is 5.75 Å². The number of carboxylic acid groups (broad SMARTS) is 1. The molecule has 1 aliphatic heterocycles. The zero-order valence-electron chi connectivity index (χ0n) is 11.1. The number of benzene rings is 1. The van der Waals surface area contributed by atoms with Crippen molar-refractivity contribution >= 4 is 11.8 Å². The summed E-state index contributed by atoms with van der Waals surface area (Å²) in [6.07, 6.45) is -5.31. The normalized spacial score (nSPS) is 16.8. The van der Waals surface area contributed by atoms with Crippen LogP contribution in [0.25, 0.3) is 0 Å². The Hall–Kier alpha value is -2.12. The molecule has 0 bridgehead atoms. The maximum absolute atomic E-state index is 12.9. The second-order valence-corrected chi connectivity index (χ2v) is 4.84. The standard InChI is InChI=1S/C13H15F3N2O3/c14-13(15,16)10-7-8(17)1-2-11(10)21-9-3-5-18(6-4-9)12(19)20/h1-2,7,9H,3-6,17H2,(H,19,20). The molecule has 1 saturated heterocycles. The molecule has 1 aromatic rings. The van der Waals surface area contributed by atoms with Gasteiger partial charge in [-0.25, -0.2) is 4.79 Å². The molecule has 3 N–H and O–H groups in total. The van der Waals surface area contributed by atoms with Crippen LogP contribution in [0.15, 0.2) is 18.2 Å². The van der Waals surface area contributed by atoms with E-state index in [1.165, 1.54) is 17.0 Å². The van der Waals surface area contributed by atoms with Crippen LogP contribution < -0.4 is 10.5 Å². The highest BCUT2D eigenvalue weighted by Gasteiger charge is 2.35. The molecule has 1 heterocycles. The van der Waals surface area contributed by atoms with Crippen molar-refractivity contribution in [2.75, 3.05) is 18.8 Å². The van der Waals surface area contributed by atoms with E-state index in [1.54, 1.807) is 0 Å². The number of likely N-dealkylation sites (tertiary alicyclic amines) is 1. The number of ether oxygens (including phenoxy) is 1. The van der Waals surface area contributed by atoms with Crippen molar-refractivity contribution in [3.63, 3.8) is 0 Å². The first kappa shape index (κ1) is 15.3. The molecule has 0 aromatic heterocycles. The Bertz CT molecular complexity index is 526. The number of nitrogens with two attached hydrogens (primary N) is 1. The molecule has 0 spiro atoms. The van der Waals surface area contributed by atoms with E-state index in [-0.39, 0.29) is 24.5 Å². The number of hydrogen-bond donors (Lipinski definition) is 2. The lowest BCUT2D eigenvalue weighted by atomic mass is 10.1. The number of nitrogens with zero attached hydrogens (tertiary/aromatic N) is 1. The van der Waals surface area contributed by atoms with E-state index >= 15 is 0 Å². The van der Waals surface area contributed by atoms with E-state index in [0.717, 1.165) is 6.07 Å². The largest absolute Gasteiger partial charge is 0.490 e. The molecule has 1 aromatic carbocycles. The van der Waals surface area contributed by atoms with Crippen LogP contribution in [0.2, 0.25) is 0 Å². The molecule has 5 nitrogen and oxygen atoms in total. The molecule has 8 heteroatoms. The Kier molecular flexibility index (Phi) is 4.15. The number of halogens is 3. The summed E-state index contributed by atoms with van der Waals surface area (Å²) in [4.78, 5) is 12.0. The number of piperidine rings is 1. The van der Waals surface area contributed by atoms with Gasteiger partial charge in [0, 0.05) is 31.6 Å². The Morgan fingerprint density at radius 2 is 1.95 bits per heavy atom. The van der Waals surface area contributed by atoms with E-state index in [0.29, 0.717) is 12.8 Å². The molecule has 1 amide bonds. The molecule has 0 saturated carbocycles. The first-order chi connectivity index (χ1) is 9.77. The third-order valence-electron chi connectivity index (χ3n) is 3.32. The number of alkyl halides is 3. The molecule has 1 aliphatic rings. The predicted octanol–water partition coefficient (Wildman–Crippen LogP) is 2.81. The topological polar surface area (TPSA) is 75.8 Å². The SMILES string of the molecule is Nc1ccc(OC2CCN(C(=O)O)CC2)c(C(F)(F)F)c1. The third kappa shape index (κ3) is 3.71. The summed E-state index contributed by atoms with van der Waals surface area (Å²) in [5.41, 5.74) is 4.48. The average Bonchev–Trinajstić information content (AvgIpc) is 2.40. The minimum absolute atomic E-state index is 0.00960. The van der Waals surface area contributed by atoms with E-state index in [9.17, 15) is 18.0 Å². The predicted molar refractivity (Wildman–Crippen MR) is 69.1 cm³/mol. The van der Waals surface area contributed by atoms with Crippen molar-refractivity contribution in [1.82, 2.24) is 4.90 Å². The number of rotatable bonds is 2. The van der Waals surface area contributed by atoms with Crippen molar-refractivity contribution in [2.24, 2.45) is 0 Å². The Morgan fingerprint density at radius 3 is 2.48 bits per heavy atom. The lowest BCUT2D eigenvalue weighted by molar-refractivity contribution is -0.139. The molecule has 1 fully saturated rings. The zero-order valence-corrected chi connectivity index (χ0v) is 11.1. The average molecular weight is 304 g/mol. The summed E-state index contributed by atoms with van der Waals surface area (Å²) in [7, 11) is 0. The summed E-state index contributed by atoms with van der Waals surface area (Å²) in [6.45, 7) is 0.493. The van der Waals surface area contributed by atoms with Gasteiger partial charge in [0.25, 0.3) is 0 Å². The number of hydrogen-bond acceptors (Lipinski definition) is 3. The first-order valence-electron chi connectivity index (χ1n) is 6.38. The summed E-state index contributed by atoms with van der Waals surface area (Å²) in [5.74, 6) is -0.273. The van der Waals surface area contributed by atoms with Crippen molar-refractivity contribution < 1.29 is 27.8 Å². The zero-order chi connectivity index (χ0) is 15.6. The second kappa shape index (κ2) is 5.71. The van der Waals surface area contributed by atoms with Crippen LogP contribution in [-0.2, 0) is 6.18 Å². The van der Waals surface area contributed by atoms with Gasteiger partial charge in [0.1, 0.15) is 11.9 Å². The van der Waals surface area contributed by atoms with Crippen LogP contribution in [0, 0.1) is 0 Å². The molecular formula is C13H15F3N2O3. The van der Waals surface area contributed by atoms with E-state index in [4.69, 9.17) is 15.6 Å². The summed E-state index contributed by atoms with van der Waals surface area (Å²) >= 11 is 0. The lowest BCUT2D eigenvalue weighted by Crippen LogP contribution is -2.41. The van der Waals surface area contributed by atoms with Gasteiger partial charge in [-0.05, 0) is 18.2 Å². The van der Waals surface area contributed by atoms with Crippen LogP contribution in [0.4, 0.5) is 23.7 Å². The van der Waals surface area contributed by atoms with E-state index in [1.807, 2.05) is 0 Å². The van der Waals surface area contributed by atoms with Crippen molar-refractivity contribution in [3.05, 3.63) is 23.8 Å². The van der Waals surface area contributed by atoms with Gasteiger partial charge in [-0.1, -0.05) is 0 Å². The second-order valence-electron chi connectivity index (χ2n) is 4.84. The van der Waals surface area contributed by atoms with Crippen LogP contribution in [0.3, 0.4) is 0 Å². The fraction of sp³-hybridized carbons (Fsp3) is 0.462. The third-order valence-corrected chi connectivity index (χ3v) is 3.32. The first-order valence-corrected chi connectivity index (χ1v) is 6.38. The fourth-order valence-corrected chi connectivity index (χ4v) is 2.22. The molecule has 116 valence electrons. The Balaban J connectivity index is 2.09. The lowest BCUT2D eigenvalue weighted by Gasteiger charge is -2.30. The highest BCUT2D eigenvalue weighted by Crippen LogP contribution is 2.38. The van der Waals surface area contributed by atoms with Gasteiger partial charge in [0.2, 0.25) is 0 Å². The van der Waals surface area contributed by atoms with E-state index < -0.39 is 23.9 Å². The van der Waals surface area contributed by atoms with Crippen molar-refractivity contribution in [2.45, 2.75) is 25.1 Å². The maximum atomic E-state index is 12.9. The molecule has 0 aliphatic carbocycles. The van der Waals surface area contributed by atoms with Crippen LogP contribution in [-0.4, -0.2) is 35.3 Å². The monoisotopic (exact) mass is 304 g/mol.